The van der Waals surface area contributed by atoms with Gasteiger partial charge in [-0.05, 0) is 55.7 Å². The predicted molar refractivity (Wildman–Crippen MR) is 132 cm³/mol. The van der Waals surface area contributed by atoms with E-state index in [0.717, 1.165) is 22.0 Å². The van der Waals surface area contributed by atoms with Crippen molar-refractivity contribution in [2.24, 2.45) is 0 Å². The van der Waals surface area contributed by atoms with Crippen LogP contribution in [-0.4, -0.2) is 20.4 Å². The number of nitrogens with one attached hydrogen (secondary N) is 1. The Balaban J connectivity index is 1.65. The van der Waals surface area contributed by atoms with Gasteiger partial charge in [-0.15, -0.1) is 0 Å². The van der Waals surface area contributed by atoms with Gasteiger partial charge in [0.2, 0.25) is 5.91 Å². The van der Waals surface area contributed by atoms with Gasteiger partial charge < -0.3 is 5.32 Å². The van der Waals surface area contributed by atoms with Gasteiger partial charge in [0.25, 0.3) is 0 Å². The lowest BCUT2D eigenvalue weighted by molar-refractivity contribution is -0.119. The second-order valence-corrected chi connectivity index (χ2v) is 9.11. The van der Waals surface area contributed by atoms with Gasteiger partial charge in [-0.25, -0.2) is 9.97 Å². The van der Waals surface area contributed by atoms with Crippen LogP contribution in [0.1, 0.15) is 36.1 Å². The van der Waals surface area contributed by atoms with Crippen LogP contribution in [0.3, 0.4) is 0 Å². The van der Waals surface area contributed by atoms with Crippen molar-refractivity contribution >= 4 is 46.1 Å². The minimum atomic E-state index is -0.449. The highest BCUT2D eigenvalue weighted by Gasteiger charge is 2.25. The molecule has 164 valence electrons. The molecule has 2 heterocycles. The Hall–Kier alpha value is -2.83. The average molecular weight is 465 g/mol. The molecule has 32 heavy (non-hydrogen) atoms. The molecule has 1 atom stereocenters. The zero-order chi connectivity index (χ0) is 22.7. The number of imidazole rings is 1. The Kier molecular flexibility index (Phi) is 6.82. The average Bonchev–Trinajstić information content (AvgIpc) is 3.15. The van der Waals surface area contributed by atoms with Crippen LogP contribution in [-0.2, 0) is 10.5 Å². The number of rotatable bonds is 7. The summed E-state index contributed by atoms with van der Waals surface area (Å²) in [5, 5.41) is 4.42. The molecule has 7 heteroatoms. The molecule has 1 N–H and O–H groups in total. The molecule has 1 amide bonds. The number of amides is 1. The number of thioether (sulfide) groups is 1. The lowest BCUT2D eigenvalue weighted by Gasteiger charge is -2.19. The summed E-state index contributed by atoms with van der Waals surface area (Å²) >= 11 is 7.86. The number of hydrogen-bond acceptors (Lipinski definition) is 4. The molecule has 4 aromatic rings. The first-order valence-electron chi connectivity index (χ1n) is 10.5. The summed E-state index contributed by atoms with van der Waals surface area (Å²) in [6.45, 7) is 6.01. The molecule has 5 nitrogen and oxygen atoms in total. The standard InChI is InChI=1S/C25H25ClN4OS/c1-4-22(24(31)28-19-12-9-17(3)20(26)14-19)30-23-21(6-5-13-27-23)29-25(30)32-15-18-10-7-16(2)8-11-18/h5-14,22H,4,15H2,1-3H3,(H,28,31)/t22-/m0/s1. The van der Waals surface area contributed by atoms with Crippen molar-refractivity contribution in [2.75, 3.05) is 5.32 Å². The molecule has 0 fully saturated rings. The van der Waals surface area contributed by atoms with Gasteiger partial charge in [-0.2, -0.15) is 0 Å². The number of halogens is 1. The minimum absolute atomic E-state index is 0.116. The van der Waals surface area contributed by atoms with Crippen molar-refractivity contribution < 1.29 is 4.79 Å². The minimum Gasteiger partial charge on any atom is -0.324 e. The molecule has 0 bridgehead atoms. The van der Waals surface area contributed by atoms with E-state index in [9.17, 15) is 4.79 Å². The normalized spacial score (nSPS) is 12.1. The number of anilines is 1. The van der Waals surface area contributed by atoms with Crippen LogP contribution in [0, 0.1) is 13.8 Å². The van der Waals surface area contributed by atoms with E-state index in [4.69, 9.17) is 16.6 Å². The lowest BCUT2D eigenvalue weighted by atomic mass is 10.2. The summed E-state index contributed by atoms with van der Waals surface area (Å²) in [5.74, 6) is 0.643. The molecule has 0 aliphatic heterocycles. The number of carbonyl (C=O) groups is 1. The van der Waals surface area contributed by atoms with E-state index in [2.05, 4.69) is 41.5 Å². The number of aromatic nitrogens is 3. The zero-order valence-electron chi connectivity index (χ0n) is 18.3. The van der Waals surface area contributed by atoms with E-state index in [1.54, 1.807) is 24.0 Å². The predicted octanol–water partition coefficient (Wildman–Crippen LogP) is 6.58. The first-order valence-corrected chi connectivity index (χ1v) is 11.9. The fraction of sp³-hybridized carbons (Fsp3) is 0.240. The fourth-order valence-electron chi connectivity index (χ4n) is 3.51. The van der Waals surface area contributed by atoms with Crippen LogP contribution < -0.4 is 5.32 Å². The fourth-order valence-corrected chi connectivity index (χ4v) is 4.69. The molecule has 0 aliphatic carbocycles. The molecule has 0 radical (unpaired) electrons. The monoisotopic (exact) mass is 464 g/mol. The second kappa shape index (κ2) is 9.76. The Bertz CT molecular complexity index is 1250. The number of pyridine rings is 1. The third-order valence-electron chi connectivity index (χ3n) is 5.35. The highest BCUT2D eigenvalue weighted by molar-refractivity contribution is 7.98. The summed E-state index contributed by atoms with van der Waals surface area (Å²) in [7, 11) is 0. The van der Waals surface area contributed by atoms with E-state index >= 15 is 0 Å². The molecular formula is C25H25ClN4OS. The molecule has 2 aromatic carbocycles. The highest BCUT2D eigenvalue weighted by atomic mass is 35.5. The third-order valence-corrected chi connectivity index (χ3v) is 6.78. The molecule has 0 saturated carbocycles. The van der Waals surface area contributed by atoms with Crippen LogP contribution in [0.4, 0.5) is 5.69 Å². The third kappa shape index (κ3) is 4.81. The van der Waals surface area contributed by atoms with Crippen LogP contribution in [0.2, 0.25) is 5.02 Å². The Labute approximate surface area is 197 Å². The van der Waals surface area contributed by atoms with Crippen molar-refractivity contribution in [3.8, 4) is 0 Å². The summed E-state index contributed by atoms with van der Waals surface area (Å²) in [6, 6.07) is 17.3. The summed E-state index contributed by atoms with van der Waals surface area (Å²) in [5.41, 5.74) is 5.58. The Morgan fingerprint density at radius 3 is 2.66 bits per heavy atom. The largest absolute Gasteiger partial charge is 0.324 e. The second-order valence-electron chi connectivity index (χ2n) is 7.76. The van der Waals surface area contributed by atoms with Gasteiger partial charge in [0, 0.05) is 22.7 Å². The van der Waals surface area contributed by atoms with E-state index in [1.165, 1.54) is 11.1 Å². The van der Waals surface area contributed by atoms with Gasteiger partial charge in [0.15, 0.2) is 10.8 Å². The topological polar surface area (TPSA) is 59.8 Å². The van der Waals surface area contributed by atoms with E-state index in [-0.39, 0.29) is 5.91 Å². The molecule has 0 saturated heterocycles. The molecule has 4 rings (SSSR count). The summed E-state index contributed by atoms with van der Waals surface area (Å²) in [4.78, 5) is 22.6. The van der Waals surface area contributed by atoms with Crippen LogP contribution in [0.5, 0.6) is 0 Å². The van der Waals surface area contributed by atoms with Crippen molar-refractivity contribution in [3.05, 3.63) is 82.5 Å². The van der Waals surface area contributed by atoms with E-state index < -0.39 is 6.04 Å². The number of nitrogens with zero attached hydrogens (tertiary/aromatic N) is 3. The number of fused-ring (bicyclic) bond motifs is 1. The van der Waals surface area contributed by atoms with Gasteiger partial charge >= 0.3 is 0 Å². The van der Waals surface area contributed by atoms with Crippen LogP contribution in [0.25, 0.3) is 11.2 Å². The molecular weight excluding hydrogens is 440 g/mol. The maximum absolute atomic E-state index is 13.3. The van der Waals surface area contributed by atoms with Gasteiger partial charge in [0.05, 0.1) is 0 Å². The summed E-state index contributed by atoms with van der Waals surface area (Å²) in [6.07, 6.45) is 2.34. The van der Waals surface area contributed by atoms with Gasteiger partial charge in [-0.3, -0.25) is 9.36 Å². The Morgan fingerprint density at radius 2 is 1.94 bits per heavy atom. The maximum Gasteiger partial charge on any atom is 0.247 e. The van der Waals surface area contributed by atoms with Gasteiger partial charge in [0.1, 0.15) is 11.6 Å². The zero-order valence-corrected chi connectivity index (χ0v) is 19.9. The number of hydrogen-bond donors (Lipinski definition) is 1. The molecule has 0 unspecified atom stereocenters. The smallest absolute Gasteiger partial charge is 0.247 e. The van der Waals surface area contributed by atoms with Gasteiger partial charge in [-0.1, -0.05) is 66.2 Å². The SMILES string of the molecule is CC[C@@H](C(=O)Nc1ccc(C)c(Cl)c1)n1c(SCc2ccc(C)cc2)nc2cccnc21. The highest BCUT2D eigenvalue weighted by Crippen LogP contribution is 2.31. The first-order chi connectivity index (χ1) is 15.5. The van der Waals surface area contributed by atoms with Crippen molar-refractivity contribution in [3.63, 3.8) is 0 Å². The Morgan fingerprint density at radius 1 is 1.16 bits per heavy atom. The molecule has 0 aliphatic rings. The quantitative estimate of drug-likeness (QED) is 0.313. The van der Waals surface area contributed by atoms with Crippen molar-refractivity contribution in [2.45, 2.75) is 44.1 Å². The van der Waals surface area contributed by atoms with Crippen LogP contribution in [0.15, 0.2) is 66.0 Å². The van der Waals surface area contributed by atoms with Crippen molar-refractivity contribution in [1.29, 1.82) is 0 Å². The lowest BCUT2D eigenvalue weighted by Crippen LogP contribution is -2.26. The maximum atomic E-state index is 13.3. The number of benzene rings is 2. The summed E-state index contributed by atoms with van der Waals surface area (Å²) < 4.78 is 1.96. The first kappa shape index (κ1) is 22.4. The van der Waals surface area contributed by atoms with E-state index in [0.29, 0.717) is 22.8 Å². The van der Waals surface area contributed by atoms with Crippen LogP contribution >= 0.6 is 23.4 Å². The molecule has 2 aromatic heterocycles. The number of aryl methyl sites for hydroxylation is 2. The number of carbonyl (C=O) groups excluding carboxylic acids is 1. The van der Waals surface area contributed by atoms with Crippen molar-refractivity contribution in [1.82, 2.24) is 14.5 Å². The van der Waals surface area contributed by atoms with E-state index in [1.807, 2.05) is 42.7 Å². The molecule has 0 spiro atoms.